The van der Waals surface area contributed by atoms with Crippen molar-refractivity contribution in [3.8, 4) is 0 Å². The van der Waals surface area contributed by atoms with Gasteiger partial charge in [-0.3, -0.25) is 9.69 Å². The maximum atomic E-state index is 13.5. The molecular formula is C15H21FN2O2. The fourth-order valence-corrected chi connectivity index (χ4v) is 2.75. The summed E-state index contributed by atoms with van der Waals surface area (Å²) >= 11 is 0. The fourth-order valence-electron chi connectivity index (χ4n) is 2.75. The van der Waals surface area contributed by atoms with Gasteiger partial charge in [0.25, 0.3) is 0 Å². The summed E-state index contributed by atoms with van der Waals surface area (Å²) < 4.78 is 13.5. The SMILES string of the molecule is CC(C)(O)C1CCCN1CC(=O)Nc1ccccc1F. The van der Waals surface area contributed by atoms with Crippen molar-refractivity contribution < 1.29 is 14.3 Å². The van der Waals surface area contributed by atoms with Gasteiger partial charge in [-0.15, -0.1) is 0 Å². The average molecular weight is 280 g/mol. The summed E-state index contributed by atoms with van der Waals surface area (Å²) in [5.74, 6) is -0.701. The van der Waals surface area contributed by atoms with Crippen LogP contribution in [-0.2, 0) is 4.79 Å². The van der Waals surface area contributed by atoms with Crippen LogP contribution >= 0.6 is 0 Å². The Morgan fingerprint density at radius 1 is 1.50 bits per heavy atom. The van der Waals surface area contributed by atoms with E-state index in [1.54, 1.807) is 26.0 Å². The third kappa shape index (κ3) is 3.55. The zero-order valence-electron chi connectivity index (χ0n) is 11.9. The summed E-state index contributed by atoms with van der Waals surface area (Å²) in [5.41, 5.74) is -0.647. The van der Waals surface area contributed by atoms with Gasteiger partial charge in [0, 0.05) is 6.04 Å². The zero-order valence-corrected chi connectivity index (χ0v) is 11.9. The number of para-hydroxylation sites is 1. The highest BCUT2D eigenvalue weighted by molar-refractivity contribution is 5.92. The number of nitrogens with one attached hydrogen (secondary N) is 1. The highest BCUT2D eigenvalue weighted by Gasteiger charge is 2.36. The second-order valence-corrected chi connectivity index (χ2v) is 5.81. The Morgan fingerprint density at radius 2 is 2.20 bits per heavy atom. The van der Waals surface area contributed by atoms with Gasteiger partial charge in [0.1, 0.15) is 5.82 Å². The molecule has 1 unspecified atom stereocenters. The molecule has 4 nitrogen and oxygen atoms in total. The minimum Gasteiger partial charge on any atom is -0.389 e. The topological polar surface area (TPSA) is 52.6 Å². The highest BCUT2D eigenvalue weighted by Crippen LogP contribution is 2.26. The van der Waals surface area contributed by atoms with Crippen molar-refractivity contribution in [2.45, 2.75) is 38.3 Å². The van der Waals surface area contributed by atoms with E-state index < -0.39 is 11.4 Å². The van der Waals surface area contributed by atoms with E-state index >= 15 is 0 Å². The molecule has 1 amide bonds. The van der Waals surface area contributed by atoms with Crippen LogP contribution < -0.4 is 5.32 Å². The third-order valence-electron chi connectivity index (χ3n) is 3.67. The predicted molar refractivity (Wildman–Crippen MR) is 75.9 cm³/mol. The number of aliphatic hydroxyl groups is 1. The maximum Gasteiger partial charge on any atom is 0.238 e. The quantitative estimate of drug-likeness (QED) is 0.887. The monoisotopic (exact) mass is 280 g/mol. The summed E-state index contributed by atoms with van der Waals surface area (Å²) in [4.78, 5) is 13.9. The molecule has 1 aromatic rings. The number of benzene rings is 1. The molecule has 1 aliphatic heterocycles. The van der Waals surface area contributed by atoms with Gasteiger partial charge >= 0.3 is 0 Å². The summed E-state index contributed by atoms with van der Waals surface area (Å²) in [6.45, 7) is 4.46. The first-order chi connectivity index (χ1) is 9.38. The van der Waals surface area contributed by atoms with E-state index in [0.717, 1.165) is 19.4 Å². The minimum atomic E-state index is -0.839. The van der Waals surface area contributed by atoms with Crippen molar-refractivity contribution in [1.29, 1.82) is 0 Å². The molecule has 1 aliphatic rings. The van der Waals surface area contributed by atoms with Crippen LogP contribution in [0.2, 0.25) is 0 Å². The first kappa shape index (κ1) is 14.9. The van der Waals surface area contributed by atoms with E-state index in [2.05, 4.69) is 5.32 Å². The standard InChI is InChI=1S/C15H21FN2O2/c1-15(2,20)13-8-5-9-18(13)10-14(19)17-12-7-4-3-6-11(12)16/h3-4,6-7,13,20H,5,8-10H2,1-2H3,(H,17,19). The van der Waals surface area contributed by atoms with Gasteiger partial charge in [-0.25, -0.2) is 4.39 Å². The number of halogens is 1. The Bertz CT molecular complexity index is 485. The minimum absolute atomic E-state index is 0.0335. The van der Waals surface area contributed by atoms with Gasteiger partial charge in [-0.1, -0.05) is 12.1 Å². The summed E-state index contributed by atoms with van der Waals surface area (Å²) in [6.07, 6.45) is 1.83. The number of carbonyl (C=O) groups excluding carboxylic acids is 1. The van der Waals surface area contributed by atoms with Gasteiger partial charge in [-0.2, -0.15) is 0 Å². The van der Waals surface area contributed by atoms with Crippen molar-refractivity contribution >= 4 is 11.6 Å². The number of hydrogen-bond acceptors (Lipinski definition) is 3. The highest BCUT2D eigenvalue weighted by atomic mass is 19.1. The lowest BCUT2D eigenvalue weighted by molar-refractivity contribution is -0.118. The van der Waals surface area contributed by atoms with Crippen molar-refractivity contribution in [1.82, 2.24) is 4.90 Å². The Hall–Kier alpha value is -1.46. The van der Waals surface area contributed by atoms with Crippen LogP contribution in [0.15, 0.2) is 24.3 Å². The molecule has 0 aliphatic carbocycles. The molecular weight excluding hydrogens is 259 g/mol. The molecule has 0 saturated carbocycles. The van der Waals surface area contributed by atoms with Gasteiger partial charge in [-0.05, 0) is 45.4 Å². The van der Waals surface area contributed by atoms with Crippen LogP contribution in [0, 0.1) is 5.82 Å². The summed E-state index contributed by atoms with van der Waals surface area (Å²) in [6, 6.07) is 6.06. The number of amides is 1. The molecule has 1 aromatic carbocycles. The van der Waals surface area contributed by atoms with Crippen LogP contribution in [-0.4, -0.2) is 40.6 Å². The van der Waals surface area contributed by atoms with E-state index in [9.17, 15) is 14.3 Å². The Kier molecular flexibility index (Phi) is 4.40. The lowest BCUT2D eigenvalue weighted by atomic mass is 9.97. The number of likely N-dealkylation sites (tertiary alicyclic amines) is 1. The molecule has 1 heterocycles. The van der Waals surface area contributed by atoms with Crippen molar-refractivity contribution in [3.05, 3.63) is 30.1 Å². The molecule has 0 spiro atoms. The third-order valence-corrected chi connectivity index (χ3v) is 3.67. The Balaban J connectivity index is 1.96. The van der Waals surface area contributed by atoms with Crippen LogP contribution in [0.25, 0.3) is 0 Å². The largest absolute Gasteiger partial charge is 0.389 e. The van der Waals surface area contributed by atoms with E-state index in [0.29, 0.717) is 0 Å². The van der Waals surface area contributed by atoms with E-state index in [4.69, 9.17) is 0 Å². The molecule has 5 heteroatoms. The lowest BCUT2D eigenvalue weighted by Crippen LogP contribution is -2.48. The van der Waals surface area contributed by atoms with Gasteiger partial charge in [0.15, 0.2) is 0 Å². The van der Waals surface area contributed by atoms with Crippen molar-refractivity contribution in [2.24, 2.45) is 0 Å². The number of nitrogens with zero attached hydrogens (tertiary/aromatic N) is 1. The number of carbonyl (C=O) groups is 1. The van der Waals surface area contributed by atoms with Gasteiger partial charge in [0.05, 0.1) is 17.8 Å². The van der Waals surface area contributed by atoms with E-state index in [-0.39, 0.29) is 24.2 Å². The second-order valence-electron chi connectivity index (χ2n) is 5.81. The Labute approximate surface area is 118 Å². The van der Waals surface area contributed by atoms with Gasteiger partial charge in [0.2, 0.25) is 5.91 Å². The van der Waals surface area contributed by atoms with Crippen molar-refractivity contribution in [2.75, 3.05) is 18.4 Å². The number of anilines is 1. The molecule has 1 fully saturated rings. The molecule has 0 aromatic heterocycles. The molecule has 1 saturated heterocycles. The van der Waals surface area contributed by atoms with Crippen LogP contribution in [0.3, 0.4) is 0 Å². The molecule has 110 valence electrons. The first-order valence-electron chi connectivity index (χ1n) is 6.89. The summed E-state index contributed by atoms with van der Waals surface area (Å²) in [7, 11) is 0. The number of rotatable bonds is 4. The van der Waals surface area contributed by atoms with Gasteiger partial charge < -0.3 is 10.4 Å². The molecule has 0 radical (unpaired) electrons. The first-order valence-corrected chi connectivity index (χ1v) is 6.89. The fraction of sp³-hybridized carbons (Fsp3) is 0.533. The van der Waals surface area contributed by atoms with Crippen LogP contribution in [0.1, 0.15) is 26.7 Å². The molecule has 2 rings (SSSR count). The average Bonchev–Trinajstić information content (AvgIpc) is 2.80. The van der Waals surface area contributed by atoms with Crippen LogP contribution in [0.5, 0.6) is 0 Å². The molecule has 2 N–H and O–H groups in total. The predicted octanol–water partition coefficient (Wildman–Crippen LogP) is 2.00. The zero-order chi connectivity index (χ0) is 14.8. The maximum absolute atomic E-state index is 13.5. The smallest absolute Gasteiger partial charge is 0.238 e. The number of hydrogen-bond donors (Lipinski definition) is 2. The molecule has 20 heavy (non-hydrogen) atoms. The lowest BCUT2D eigenvalue weighted by Gasteiger charge is -2.33. The molecule has 0 bridgehead atoms. The van der Waals surface area contributed by atoms with E-state index in [1.807, 2.05) is 4.90 Å². The van der Waals surface area contributed by atoms with Crippen LogP contribution in [0.4, 0.5) is 10.1 Å². The summed E-state index contributed by atoms with van der Waals surface area (Å²) in [5, 5.41) is 12.7. The second kappa shape index (κ2) is 5.89. The van der Waals surface area contributed by atoms with Crippen molar-refractivity contribution in [3.63, 3.8) is 0 Å². The van der Waals surface area contributed by atoms with E-state index in [1.165, 1.54) is 12.1 Å². The normalized spacial score (nSPS) is 20.1. The molecule has 1 atom stereocenters. The Morgan fingerprint density at radius 3 is 2.85 bits per heavy atom.